The summed E-state index contributed by atoms with van der Waals surface area (Å²) in [6, 6.07) is 7.45. The van der Waals surface area contributed by atoms with Crippen LogP contribution >= 0.6 is 0 Å². The van der Waals surface area contributed by atoms with Crippen molar-refractivity contribution in [2.75, 3.05) is 13.2 Å². The van der Waals surface area contributed by atoms with Gasteiger partial charge in [-0.25, -0.2) is 4.79 Å². The smallest absolute Gasteiger partial charge is 0.465 e. The van der Waals surface area contributed by atoms with Crippen LogP contribution in [0, 0.1) is 0 Å². The van der Waals surface area contributed by atoms with Gasteiger partial charge in [-0.1, -0.05) is 24.3 Å². The Balaban J connectivity index is 1.78. The standard InChI is InChI=1S/C18H26BNO5/c1-12-10-20(16(21)22)15(11-23-12)13-6-8-14(9-7-13)19-24-17(2,3)18(4,5)25-19/h6-9,12,15H,10-11H2,1-5H3,(H,21,22)/t12-,15-/m0/s1. The second kappa shape index (κ2) is 6.30. The predicted octanol–water partition coefficient (Wildman–Crippen LogP) is 2.43. The van der Waals surface area contributed by atoms with Crippen LogP contribution in [0.5, 0.6) is 0 Å². The maximum absolute atomic E-state index is 11.5. The van der Waals surface area contributed by atoms with Crippen molar-refractivity contribution in [3.63, 3.8) is 0 Å². The molecule has 1 aromatic rings. The monoisotopic (exact) mass is 347 g/mol. The van der Waals surface area contributed by atoms with Crippen molar-refractivity contribution in [3.05, 3.63) is 29.8 Å². The molecule has 2 heterocycles. The molecule has 3 rings (SSSR count). The number of nitrogens with zero attached hydrogens (tertiary/aromatic N) is 1. The lowest BCUT2D eigenvalue weighted by molar-refractivity contribution is -0.0465. The van der Waals surface area contributed by atoms with E-state index >= 15 is 0 Å². The number of carbonyl (C=O) groups is 1. The Morgan fingerprint density at radius 3 is 2.24 bits per heavy atom. The van der Waals surface area contributed by atoms with Gasteiger partial charge in [-0.2, -0.15) is 0 Å². The van der Waals surface area contributed by atoms with Crippen LogP contribution in [-0.2, 0) is 14.0 Å². The van der Waals surface area contributed by atoms with Crippen molar-refractivity contribution < 1.29 is 23.9 Å². The number of rotatable bonds is 2. The van der Waals surface area contributed by atoms with Crippen molar-refractivity contribution in [1.29, 1.82) is 0 Å². The number of morpholine rings is 1. The van der Waals surface area contributed by atoms with E-state index in [2.05, 4.69) is 0 Å². The Morgan fingerprint density at radius 2 is 1.72 bits per heavy atom. The molecule has 0 bridgehead atoms. The maximum atomic E-state index is 11.5. The number of amides is 1. The Bertz CT molecular complexity index is 629. The van der Waals surface area contributed by atoms with Crippen LogP contribution in [0.15, 0.2) is 24.3 Å². The zero-order valence-corrected chi connectivity index (χ0v) is 15.5. The number of hydrogen-bond donors (Lipinski definition) is 1. The summed E-state index contributed by atoms with van der Waals surface area (Å²) >= 11 is 0. The molecule has 136 valence electrons. The molecule has 25 heavy (non-hydrogen) atoms. The molecular weight excluding hydrogens is 321 g/mol. The lowest BCUT2D eigenvalue weighted by Gasteiger charge is -2.37. The normalized spacial score (nSPS) is 28.2. The zero-order valence-electron chi connectivity index (χ0n) is 15.5. The van der Waals surface area contributed by atoms with Crippen LogP contribution in [0.1, 0.15) is 46.2 Å². The largest absolute Gasteiger partial charge is 0.494 e. The van der Waals surface area contributed by atoms with Crippen LogP contribution in [0.4, 0.5) is 4.79 Å². The van der Waals surface area contributed by atoms with E-state index in [1.807, 2.05) is 58.9 Å². The van der Waals surface area contributed by atoms with Gasteiger partial charge in [-0.05, 0) is 45.6 Å². The van der Waals surface area contributed by atoms with Crippen LogP contribution in [0.3, 0.4) is 0 Å². The summed E-state index contributed by atoms with van der Waals surface area (Å²) in [6.45, 7) is 10.7. The Kier molecular flexibility index (Phi) is 4.60. The fraction of sp³-hybridized carbons (Fsp3) is 0.611. The highest BCUT2D eigenvalue weighted by atomic mass is 16.7. The molecule has 0 aliphatic carbocycles. The van der Waals surface area contributed by atoms with Gasteiger partial charge >= 0.3 is 13.2 Å². The lowest BCUT2D eigenvalue weighted by atomic mass is 9.78. The van der Waals surface area contributed by atoms with Gasteiger partial charge in [0.25, 0.3) is 0 Å². The molecular formula is C18H26BNO5. The van der Waals surface area contributed by atoms with Gasteiger partial charge in [0, 0.05) is 0 Å². The third-order valence-electron chi connectivity index (χ3n) is 5.46. The first-order valence-electron chi connectivity index (χ1n) is 8.67. The van der Waals surface area contributed by atoms with Gasteiger partial charge in [-0.3, -0.25) is 4.90 Å². The summed E-state index contributed by atoms with van der Waals surface area (Å²) < 4.78 is 17.8. The molecule has 0 unspecified atom stereocenters. The maximum Gasteiger partial charge on any atom is 0.494 e. The lowest BCUT2D eigenvalue weighted by Crippen LogP contribution is -2.46. The third kappa shape index (κ3) is 3.41. The number of carboxylic acid groups (broad SMARTS) is 1. The molecule has 0 radical (unpaired) electrons. The summed E-state index contributed by atoms with van der Waals surface area (Å²) in [5.74, 6) is 0. The molecule has 1 N–H and O–H groups in total. The molecule has 0 spiro atoms. The van der Waals surface area contributed by atoms with E-state index in [4.69, 9.17) is 14.0 Å². The molecule has 0 saturated carbocycles. The first-order valence-corrected chi connectivity index (χ1v) is 8.67. The summed E-state index contributed by atoms with van der Waals surface area (Å²) in [6.07, 6.45) is -1.01. The minimum absolute atomic E-state index is 0.0867. The van der Waals surface area contributed by atoms with Gasteiger partial charge in [-0.15, -0.1) is 0 Å². The van der Waals surface area contributed by atoms with Crippen LogP contribution < -0.4 is 5.46 Å². The average molecular weight is 347 g/mol. The molecule has 1 amide bonds. The summed E-state index contributed by atoms with van der Waals surface area (Å²) in [7, 11) is -0.419. The predicted molar refractivity (Wildman–Crippen MR) is 95.0 cm³/mol. The molecule has 2 aliphatic heterocycles. The topological polar surface area (TPSA) is 68.2 Å². The van der Waals surface area contributed by atoms with Crippen molar-refractivity contribution in [1.82, 2.24) is 4.90 Å². The van der Waals surface area contributed by atoms with E-state index in [9.17, 15) is 9.90 Å². The molecule has 2 saturated heterocycles. The minimum Gasteiger partial charge on any atom is -0.465 e. The summed E-state index contributed by atoms with van der Waals surface area (Å²) in [5, 5.41) is 9.46. The van der Waals surface area contributed by atoms with Gasteiger partial charge in [0.2, 0.25) is 0 Å². The number of hydrogen-bond acceptors (Lipinski definition) is 4. The highest BCUT2D eigenvalue weighted by Gasteiger charge is 2.51. The molecule has 2 fully saturated rings. The van der Waals surface area contributed by atoms with Crippen molar-refractivity contribution >= 4 is 18.7 Å². The highest BCUT2D eigenvalue weighted by Crippen LogP contribution is 2.36. The Labute approximate surface area is 149 Å². The van der Waals surface area contributed by atoms with E-state index in [0.29, 0.717) is 13.2 Å². The average Bonchev–Trinajstić information content (AvgIpc) is 2.75. The minimum atomic E-state index is -0.921. The first kappa shape index (κ1) is 18.2. The van der Waals surface area contributed by atoms with Crippen LogP contribution in [-0.4, -0.2) is 53.7 Å². The summed E-state index contributed by atoms with van der Waals surface area (Å²) in [4.78, 5) is 13.0. The van der Waals surface area contributed by atoms with Crippen molar-refractivity contribution in [3.8, 4) is 0 Å². The van der Waals surface area contributed by atoms with E-state index in [1.165, 1.54) is 4.90 Å². The van der Waals surface area contributed by atoms with E-state index < -0.39 is 13.2 Å². The van der Waals surface area contributed by atoms with Crippen molar-refractivity contribution in [2.24, 2.45) is 0 Å². The van der Waals surface area contributed by atoms with Gasteiger partial charge < -0.3 is 19.2 Å². The fourth-order valence-corrected chi connectivity index (χ4v) is 3.14. The number of ether oxygens (including phenoxy) is 1. The zero-order chi connectivity index (χ0) is 18.4. The first-order chi connectivity index (χ1) is 11.6. The second-order valence-electron chi connectivity index (χ2n) is 7.85. The Hall–Kier alpha value is -1.57. The molecule has 2 atom stereocenters. The van der Waals surface area contributed by atoms with Gasteiger partial charge in [0.15, 0.2) is 0 Å². The molecule has 1 aromatic carbocycles. The third-order valence-corrected chi connectivity index (χ3v) is 5.46. The van der Waals surface area contributed by atoms with E-state index in [-0.39, 0.29) is 23.3 Å². The quantitative estimate of drug-likeness (QED) is 0.833. The molecule has 0 aromatic heterocycles. The molecule has 2 aliphatic rings. The van der Waals surface area contributed by atoms with Crippen LogP contribution in [0.2, 0.25) is 0 Å². The second-order valence-corrected chi connectivity index (χ2v) is 7.85. The molecule has 6 nitrogen and oxygen atoms in total. The molecule has 7 heteroatoms. The van der Waals surface area contributed by atoms with E-state index in [0.717, 1.165) is 11.0 Å². The van der Waals surface area contributed by atoms with Crippen LogP contribution in [0.25, 0.3) is 0 Å². The van der Waals surface area contributed by atoms with E-state index in [1.54, 1.807) is 0 Å². The summed E-state index contributed by atoms with van der Waals surface area (Å²) in [5.41, 5.74) is 1.07. The number of benzene rings is 1. The Morgan fingerprint density at radius 1 is 1.16 bits per heavy atom. The van der Waals surface area contributed by atoms with Crippen molar-refractivity contribution in [2.45, 2.75) is 58.0 Å². The van der Waals surface area contributed by atoms with Gasteiger partial charge in [0.1, 0.15) is 0 Å². The fourth-order valence-electron chi connectivity index (χ4n) is 3.14. The van der Waals surface area contributed by atoms with Gasteiger partial charge in [0.05, 0.1) is 36.5 Å². The SMILES string of the molecule is C[C@H]1CN(C(=O)O)[C@H](c2ccc(B3OC(C)(C)C(C)(C)O3)cc2)CO1. The highest BCUT2D eigenvalue weighted by molar-refractivity contribution is 6.62.